The van der Waals surface area contributed by atoms with Gasteiger partial charge in [-0.15, -0.1) is 11.3 Å². The fraction of sp³-hybridized carbons (Fsp3) is 0.0556. The van der Waals surface area contributed by atoms with Gasteiger partial charge in [-0.1, -0.05) is 41.0 Å². The van der Waals surface area contributed by atoms with Crippen molar-refractivity contribution in [3.05, 3.63) is 63.9 Å². The van der Waals surface area contributed by atoms with Crippen molar-refractivity contribution in [1.29, 1.82) is 0 Å². The summed E-state index contributed by atoms with van der Waals surface area (Å²) in [5, 5.41) is 7.84. The molecule has 0 atom stereocenters. The Hall–Kier alpha value is -2.50. The van der Waals surface area contributed by atoms with Crippen molar-refractivity contribution >= 4 is 22.9 Å². The molecule has 0 N–H and O–H groups in total. The summed E-state index contributed by atoms with van der Waals surface area (Å²) in [7, 11) is 0. The van der Waals surface area contributed by atoms with Crippen LogP contribution in [0.25, 0.3) is 34.1 Å². The lowest BCUT2D eigenvalue weighted by Crippen LogP contribution is -1.83. The molecule has 118 valence electrons. The van der Waals surface area contributed by atoms with Crippen molar-refractivity contribution in [2.45, 2.75) is 6.92 Å². The van der Waals surface area contributed by atoms with Crippen LogP contribution in [0.4, 0.5) is 0 Å². The first-order valence-electron chi connectivity index (χ1n) is 7.31. The average molecular weight is 354 g/mol. The van der Waals surface area contributed by atoms with E-state index in [1.54, 1.807) is 23.5 Å². The first kappa shape index (κ1) is 15.1. The van der Waals surface area contributed by atoms with Gasteiger partial charge in [0.1, 0.15) is 0 Å². The van der Waals surface area contributed by atoms with E-state index in [1.807, 2.05) is 43.3 Å². The van der Waals surface area contributed by atoms with E-state index in [0.717, 1.165) is 27.4 Å². The van der Waals surface area contributed by atoms with E-state index < -0.39 is 0 Å². The highest BCUT2D eigenvalue weighted by molar-refractivity contribution is 7.09. The number of hydrogen-bond acceptors (Lipinski definition) is 5. The minimum absolute atomic E-state index is 0.473. The van der Waals surface area contributed by atoms with E-state index in [0.29, 0.717) is 16.7 Å². The van der Waals surface area contributed by atoms with Gasteiger partial charge in [0.05, 0.1) is 10.7 Å². The SMILES string of the molecule is Cc1nc(-c2ccc(-c3noc(-c4ccc(Cl)cc4)n3)cc2)cs1. The monoisotopic (exact) mass is 353 g/mol. The molecule has 0 aliphatic carbocycles. The fourth-order valence-electron chi connectivity index (χ4n) is 2.34. The Bertz CT molecular complexity index is 974. The molecule has 0 unspecified atom stereocenters. The number of benzene rings is 2. The molecule has 6 heteroatoms. The second kappa shape index (κ2) is 6.19. The summed E-state index contributed by atoms with van der Waals surface area (Å²) >= 11 is 7.54. The molecular weight excluding hydrogens is 342 g/mol. The zero-order valence-electron chi connectivity index (χ0n) is 12.7. The average Bonchev–Trinajstić information content (AvgIpc) is 3.25. The van der Waals surface area contributed by atoms with Crippen molar-refractivity contribution in [2.24, 2.45) is 0 Å². The molecule has 2 aromatic carbocycles. The highest BCUT2D eigenvalue weighted by atomic mass is 35.5. The summed E-state index contributed by atoms with van der Waals surface area (Å²) in [4.78, 5) is 8.94. The topological polar surface area (TPSA) is 51.8 Å². The van der Waals surface area contributed by atoms with Crippen molar-refractivity contribution in [3.8, 4) is 34.1 Å². The second-order valence-electron chi connectivity index (χ2n) is 5.26. The van der Waals surface area contributed by atoms with E-state index in [2.05, 4.69) is 20.5 Å². The van der Waals surface area contributed by atoms with Crippen LogP contribution in [0.3, 0.4) is 0 Å². The minimum Gasteiger partial charge on any atom is -0.334 e. The zero-order valence-corrected chi connectivity index (χ0v) is 14.3. The number of rotatable bonds is 3. The van der Waals surface area contributed by atoms with Crippen LogP contribution >= 0.6 is 22.9 Å². The summed E-state index contributed by atoms with van der Waals surface area (Å²) in [5.74, 6) is 1.03. The molecule has 0 saturated heterocycles. The molecule has 4 rings (SSSR count). The Kier molecular flexibility index (Phi) is 3.88. The highest BCUT2D eigenvalue weighted by Gasteiger charge is 2.11. The third-order valence-corrected chi connectivity index (χ3v) is 4.60. The Morgan fingerprint density at radius 3 is 2.21 bits per heavy atom. The third-order valence-electron chi connectivity index (χ3n) is 3.58. The summed E-state index contributed by atoms with van der Waals surface area (Å²) in [6.45, 7) is 2.00. The lowest BCUT2D eigenvalue weighted by molar-refractivity contribution is 0.432. The Morgan fingerprint density at radius 1 is 0.875 bits per heavy atom. The lowest BCUT2D eigenvalue weighted by atomic mass is 10.1. The Labute approximate surface area is 147 Å². The van der Waals surface area contributed by atoms with E-state index in [-0.39, 0.29) is 0 Å². The van der Waals surface area contributed by atoms with Gasteiger partial charge in [-0.05, 0) is 31.2 Å². The van der Waals surface area contributed by atoms with Gasteiger partial charge >= 0.3 is 0 Å². The third kappa shape index (κ3) is 2.96. The Balaban J connectivity index is 1.61. The quantitative estimate of drug-likeness (QED) is 0.488. The van der Waals surface area contributed by atoms with Gasteiger partial charge in [0.15, 0.2) is 0 Å². The molecule has 24 heavy (non-hydrogen) atoms. The van der Waals surface area contributed by atoms with Crippen LogP contribution in [0, 0.1) is 6.92 Å². The number of hydrogen-bond donors (Lipinski definition) is 0. The molecule has 0 fully saturated rings. The second-order valence-corrected chi connectivity index (χ2v) is 6.76. The number of thiazole rings is 1. The molecule has 4 nitrogen and oxygen atoms in total. The van der Waals surface area contributed by atoms with E-state index >= 15 is 0 Å². The molecule has 0 amide bonds. The maximum Gasteiger partial charge on any atom is 0.258 e. The van der Waals surface area contributed by atoms with Crippen molar-refractivity contribution in [3.63, 3.8) is 0 Å². The largest absolute Gasteiger partial charge is 0.334 e. The molecule has 0 radical (unpaired) electrons. The first-order valence-corrected chi connectivity index (χ1v) is 8.57. The van der Waals surface area contributed by atoms with Crippen molar-refractivity contribution in [2.75, 3.05) is 0 Å². The molecule has 0 spiro atoms. The molecule has 0 saturated carbocycles. The summed E-state index contributed by atoms with van der Waals surface area (Å²) < 4.78 is 5.35. The van der Waals surface area contributed by atoms with Crippen LogP contribution < -0.4 is 0 Å². The van der Waals surface area contributed by atoms with E-state index in [9.17, 15) is 0 Å². The predicted octanol–water partition coefficient (Wildman–Crippen LogP) is 5.49. The van der Waals surface area contributed by atoms with Gasteiger partial charge < -0.3 is 4.52 Å². The predicted molar refractivity (Wildman–Crippen MR) is 96.0 cm³/mol. The van der Waals surface area contributed by atoms with Gasteiger partial charge in [0.2, 0.25) is 5.82 Å². The smallest absolute Gasteiger partial charge is 0.258 e. The van der Waals surface area contributed by atoms with Crippen LogP contribution in [0.15, 0.2) is 58.4 Å². The molecule has 0 bridgehead atoms. The molecule has 2 aromatic heterocycles. The van der Waals surface area contributed by atoms with Crippen LogP contribution in [0.2, 0.25) is 5.02 Å². The van der Waals surface area contributed by atoms with Crippen LogP contribution in [0.5, 0.6) is 0 Å². The summed E-state index contributed by atoms with van der Waals surface area (Å²) in [6.07, 6.45) is 0. The zero-order chi connectivity index (χ0) is 16.5. The Morgan fingerprint density at radius 2 is 1.54 bits per heavy atom. The fourth-order valence-corrected chi connectivity index (χ4v) is 3.08. The molecule has 2 heterocycles. The van der Waals surface area contributed by atoms with Gasteiger partial charge in [0.25, 0.3) is 5.89 Å². The number of nitrogens with zero attached hydrogens (tertiary/aromatic N) is 3. The number of halogens is 1. The summed E-state index contributed by atoms with van der Waals surface area (Å²) in [5.41, 5.74) is 3.80. The maximum absolute atomic E-state index is 5.90. The first-order chi connectivity index (χ1) is 11.7. The molecular formula is C18H12ClN3OS. The van der Waals surface area contributed by atoms with Crippen LogP contribution in [0.1, 0.15) is 5.01 Å². The van der Waals surface area contributed by atoms with E-state index in [4.69, 9.17) is 16.1 Å². The molecule has 0 aliphatic heterocycles. The standard InChI is InChI=1S/C18H12ClN3OS/c1-11-20-16(10-24-11)12-2-4-13(5-3-12)17-21-18(23-22-17)14-6-8-15(19)9-7-14/h2-10H,1H3. The highest BCUT2D eigenvalue weighted by Crippen LogP contribution is 2.26. The lowest BCUT2D eigenvalue weighted by Gasteiger charge is -1.98. The van der Waals surface area contributed by atoms with Crippen LogP contribution in [-0.4, -0.2) is 15.1 Å². The van der Waals surface area contributed by atoms with Crippen LogP contribution in [-0.2, 0) is 0 Å². The number of aromatic nitrogens is 3. The molecule has 0 aliphatic rings. The maximum atomic E-state index is 5.90. The van der Waals surface area contributed by atoms with E-state index in [1.165, 1.54) is 0 Å². The molecule has 4 aromatic rings. The summed E-state index contributed by atoms with van der Waals surface area (Å²) in [6, 6.07) is 15.3. The van der Waals surface area contributed by atoms with Crippen molar-refractivity contribution in [1.82, 2.24) is 15.1 Å². The van der Waals surface area contributed by atoms with Gasteiger partial charge in [-0.3, -0.25) is 0 Å². The van der Waals surface area contributed by atoms with Gasteiger partial charge in [0, 0.05) is 27.1 Å². The van der Waals surface area contributed by atoms with Crippen molar-refractivity contribution < 1.29 is 4.52 Å². The van der Waals surface area contributed by atoms with Gasteiger partial charge in [-0.25, -0.2) is 4.98 Å². The normalized spacial score (nSPS) is 10.9. The number of aryl methyl sites for hydroxylation is 1. The minimum atomic E-state index is 0.473. The van der Waals surface area contributed by atoms with Gasteiger partial charge in [-0.2, -0.15) is 4.98 Å².